The fourth-order valence-corrected chi connectivity index (χ4v) is 6.56. The third-order valence-corrected chi connectivity index (χ3v) is 8.58. The van der Waals surface area contributed by atoms with Crippen LogP contribution < -0.4 is 4.74 Å². The first kappa shape index (κ1) is 24.6. The van der Waals surface area contributed by atoms with Crippen molar-refractivity contribution in [2.45, 2.75) is 62.5 Å². The number of carbonyl (C=O) groups is 1. The molecule has 1 aliphatic heterocycles. The zero-order valence-electron chi connectivity index (χ0n) is 19.3. The summed E-state index contributed by atoms with van der Waals surface area (Å²) in [7, 11) is -4.10. The molecule has 6 nitrogen and oxygen atoms in total. The van der Waals surface area contributed by atoms with Gasteiger partial charge in [0.05, 0.1) is 16.5 Å². The van der Waals surface area contributed by atoms with Crippen molar-refractivity contribution in [3.05, 3.63) is 59.7 Å². The van der Waals surface area contributed by atoms with E-state index in [1.165, 1.54) is 4.31 Å². The molecule has 0 saturated heterocycles. The molecule has 2 aromatic rings. The summed E-state index contributed by atoms with van der Waals surface area (Å²) in [4.78, 5) is 14.6. The van der Waals surface area contributed by atoms with Crippen molar-refractivity contribution >= 4 is 15.9 Å². The molecule has 1 amide bonds. The van der Waals surface area contributed by atoms with E-state index in [9.17, 15) is 22.0 Å². The van der Waals surface area contributed by atoms with Crippen molar-refractivity contribution in [3.63, 3.8) is 0 Å². The Hall–Kier alpha value is -2.52. The van der Waals surface area contributed by atoms with Gasteiger partial charge in [0.2, 0.25) is 10.0 Å². The highest BCUT2D eigenvalue weighted by molar-refractivity contribution is 7.89. The number of benzene rings is 2. The van der Waals surface area contributed by atoms with Crippen molar-refractivity contribution in [2.75, 3.05) is 19.6 Å². The molecule has 1 aliphatic carbocycles. The van der Waals surface area contributed by atoms with Gasteiger partial charge >= 0.3 is 0 Å². The van der Waals surface area contributed by atoms with E-state index in [1.807, 2.05) is 6.92 Å². The summed E-state index contributed by atoms with van der Waals surface area (Å²) in [5.41, 5.74) is 0.462. The zero-order valence-corrected chi connectivity index (χ0v) is 20.1. The predicted octanol–water partition coefficient (Wildman–Crippen LogP) is 4.60. The number of amides is 1. The first-order valence-corrected chi connectivity index (χ1v) is 13.3. The van der Waals surface area contributed by atoms with Gasteiger partial charge in [-0.15, -0.1) is 0 Å². The maximum Gasteiger partial charge on any atom is 0.257 e. The van der Waals surface area contributed by atoms with E-state index in [4.69, 9.17) is 4.74 Å². The molecule has 34 heavy (non-hydrogen) atoms. The van der Waals surface area contributed by atoms with E-state index < -0.39 is 33.8 Å². The number of nitrogens with zero attached hydrogens (tertiary/aromatic N) is 2. The van der Waals surface area contributed by atoms with Gasteiger partial charge in [0, 0.05) is 19.6 Å². The second kappa shape index (κ2) is 10.4. The third-order valence-electron chi connectivity index (χ3n) is 6.66. The largest absolute Gasteiger partial charge is 0.488 e. The van der Waals surface area contributed by atoms with Crippen LogP contribution in [0, 0.1) is 11.6 Å². The lowest BCUT2D eigenvalue weighted by molar-refractivity contribution is 0.0641. The van der Waals surface area contributed by atoms with E-state index in [0.29, 0.717) is 50.1 Å². The molecule has 2 atom stereocenters. The number of hydrogen-bond donors (Lipinski definition) is 0. The van der Waals surface area contributed by atoms with Gasteiger partial charge in [-0.05, 0) is 69.4 Å². The first-order valence-electron chi connectivity index (χ1n) is 11.8. The van der Waals surface area contributed by atoms with Gasteiger partial charge in [0.1, 0.15) is 11.9 Å². The molecule has 0 spiro atoms. The van der Waals surface area contributed by atoms with Crippen LogP contribution in [0.25, 0.3) is 0 Å². The van der Waals surface area contributed by atoms with E-state index in [-0.39, 0.29) is 17.3 Å². The normalized spacial score (nSPS) is 22.7. The maximum absolute atomic E-state index is 13.9. The second-order valence-electron chi connectivity index (χ2n) is 8.79. The Bertz CT molecular complexity index is 1140. The topological polar surface area (TPSA) is 66.9 Å². The first-order chi connectivity index (χ1) is 16.3. The smallest absolute Gasteiger partial charge is 0.257 e. The van der Waals surface area contributed by atoms with Crippen molar-refractivity contribution in [1.82, 2.24) is 9.21 Å². The highest BCUT2D eigenvalue weighted by Gasteiger charge is 2.39. The number of fused-ring (bicyclic) bond motifs is 2. The van der Waals surface area contributed by atoms with Crippen LogP contribution >= 0.6 is 0 Å². The molecule has 1 saturated carbocycles. The lowest BCUT2D eigenvalue weighted by Crippen LogP contribution is -2.51. The van der Waals surface area contributed by atoms with Gasteiger partial charge < -0.3 is 9.64 Å². The van der Waals surface area contributed by atoms with Crippen LogP contribution in [-0.2, 0) is 10.0 Å². The molecule has 2 aliphatic rings. The summed E-state index contributed by atoms with van der Waals surface area (Å²) < 4.78 is 62.5. The highest BCUT2D eigenvalue weighted by Crippen LogP contribution is 2.33. The number of para-hydroxylation sites is 1. The Morgan fingerprint density at radius 1 is 0.971 bits per heavy atom. The summed E-state index contributed by atoms with van der Waals surface area (Å²) in [5, 5.41) is 0. The number of halogens is 2. The monoisotopic (exact) mass is 492 g/mol. The van der Waals surface area contributed by atoms with Crippen LogP contribution in [0.3, 0.4) is 0 Å². The molecule has 0 N–H and O–H groups in total. The number of carbonyl (C=O) groups excluding carboxylic acids is 1. The van der Waals surface area contributed by atoms with Gasteiger partial charge in [-0.1, -0.05) is 18.6 Å². The Morgan fingerprint density at radius 2 is 1.71 bits per heavy atom. The zero-order chi connectivity index (χ0) is 24.3. The van der Waals surface area contributed by atoms with Gasteiger partial charge in [0.25, 0.3) is 5.91 Å². The molecule has 2 aromatic carbocycles. The van der Waals surface area contributed by atoms with Crippen LogP contribution in [0.5, 0.6) is 5.75 Å². The molecule has 184 valence electrons. The molecule has 0 bridgehead atoms. The van der Waals surface area contributed by atoms with Crippen molar-refractivity contribution in [3.8, 4) is 5.75 Å². The Labute approximate surface area is 199 Å². The molecule has 1 fully saturated rings. The molecule has 1 heterocycles. The average Bonchev–Trinajstić information content (AvgIpc) is 2.83. The quantitative estimate of drug-likeness (QED) is 0.628. The summed E-state index contributed by atoms with van der Waals surface area (Å²) in [5.74, 6) is -1.95. The van der Waals surface area contributed by atoms with Crippen LogP contribution in [0.2, 0.25) is 0 Å². The van der Waals surface area contributed by atoms with Crippen molar-refractivity contribution < 1.29 is 26.7 Å². The van der Waals surface area contributed by atoms with Crippen LogP contribution in [0.4, 0.5) is 8.78 Å². The van der Waals surface area contributed by atoms with Gasteiger partial charge in [-0.25, -0.2) is 17.2 Å². The van der Waals surface area contributed by atoms with Gasteiger partial charge in [-0.3, -0.25) is 4.79 Å². The molecule has 9 heteroatoms. The summed E-state index contributed by atoms with van der Waals surface area (Å²) in [6.07, 6.45) is 3.61. The van der Waals surface area contributed by atoms with Crippen LogP contribution in [0.1, 0.15) is 55.8 Å². The standard InChI is InChI=1S/C25H30F2N2O4S/c1-2-28-15-7-8-16-29(34(31,32)18-13-14-20(26)21(27)17-18)22-10-4-6-12-24(22)33-23-11-5-3-9-19(23)25(28)30/h3,5,9,11,13-14,17,22,24H,2,4,6-8,10,12,15-16H2,1H3/t22-,24+/m1/s1. The fraction of sp³-hybridized carbons (Fsp3) is 0.480. The van der Waals surface area contributed by atoms with E-state index in [0.717, 1.165) is 31.0 Å². The minimum Gasteiger partial charge on any atom is -0.488 e. The van der Waals surface area contributed by atoms with Gasteiger partial charge in [0.15, 0.2) is 11.6 Å². The lowest BCUT2D eigenvalue weighted by atomic mass is 9.92. The Balaban J connectivity index is 1.75. The molecule has 0 unspecified atom stereocenters. The maximum atomic E-state index is 13.9. The van der Waals surface area contributed by atoms with Crippen LogP contribution in [0.15, 0.2) is 47.4 Å². The molecule has 0 aromatic heterocycles. The third kappa shape index (κ3) is 4.95. The van der Waals surface area contributed by atoms with Gasteiger partial charge in [-0.2, -0.15) is 4.31 Å². The molecule has 0 radical (unpaired) electrons. The number of rotatable bonds is 3. The molecular weight excluding hydrogens is 462 g/mol. The minimum absolute atomic E-state index is 0.0997. The SMILES string of the molecule is CCN1CCCCN(S(=O)(=O)c2ccc(F)c(F)c2)[C@@H]2CCCC[C@@H]2Oc2ccccc2C1=O. The number of sulfonamides is 1. The van der Waals surface area contributed by atoms with Crippen molar-refractivity contribution in [1.29, 1.82) is 0 Å². The average molecular weight is 493 g/mol. The summed E-state index contributed by atoms with van der Waals surface area (Å²) >= 11 is 0. The Kier molecular flexibility index (Phi) is 7.52. The highest BCUT2D eigenvalue weighted by atomic mass is 32.2. The van der Waals surface area contributed by atoms with E-state index in [2.05, 4.69) is 0 Å². The fourth-order valence-electron chi connectivity index (χ4n) is 4.83. The van der Waals surface area contributed by atoms with E-state index in [1.54, 1.807) is 29.2 Å². The lowest BCUT2D eigenvalue weighted by Gasteiger charge is -2.40. The summed E-state index contributed by atoms with van der Waals surface area (Å²) in [6.45, 7) is 3.12. The van der Waals surface area contributed by atoms with E-state index >= 15 is 0 Å². The minimum atomic E-state index is -4.10. The second-order valence-corrected chi connectivity index (χ2v) is 10.7. The van der Waals surface area contributed by atoms with Crippen LogP contribution in [-0.4, -0.2) is 55.3 Å². The molecule has 4 rings (SSSR count). The number of ether oxygens (including phenoxy) is 1. The Morgan fingerprint density at radius 3 is 2.47 bits per heavy atom. The predicted molar refractivity (Wildman–Crippen MR) is 124 cm³/mol. The summed E-state index contributed by atoms with van der Waals surface area (Å²) in [6, 6.07) is 9.28. The number of hydrogen-bond acceptors (Lipinski definition) is 4. The van der Waals surface area contributed by atoms with Crippen molar-refractivity contribution in [2.24, 2.45) is 0 Å². The molecular formula is C25H30F2N2O4S.